The molecule has 0 aliphatic carbocycles. The summed E-state index contributed by atoms with van der Waals surface area (Å²) in [6, 6.07) is 0. The summed E-state index contributed by atoms with van der Waals surface area (Å²) in [4.78, 5) is 24.9. The minimum Gasteiger partial charge on any atom is -0.481 e. The first-order valence-corrected chi connectivity index (χ1v) is 5.81. The smallest absolute Gasteiger partial charge is 0.309 e. The van der Waals surface area contributed by atoms with Crippen LogP contribution in [0.5, 0.6) is 0 Å². The molecule has 98 valence electrons. The summed E-state index contributed by atoms with van der Waals surface area (Å²) in [5, 5.41) is 9.10. The lowest BCUT2D eigenvalue weighted by Crippen LogP contribution is -2.52. The highest BCUT2D eigenvalue weighted by Crippen LogP contribution is 2.32. The van der Waals surface area contributed by atoms with E-state index in [1.165, 1.54) is 7.11 Å². The number of carbonyl (C=O) groups is 2. The predicted molar refractivity (Wildman–Crippen MR) is 62.6 cm³/mol. The number of amides is 1. The topological polar surface area (TPSA) is 66.8 Å². The average Bonchev–Trinajstić information content (AvgIpc) is 2.29. The van der Waals surface area contributed by atoms with Crippen LogP contribution >= 0.6 is 0 Å². The molecule has 0 bridgehead atoms. The Hall–Kier alpha value is -1.10. The van der Waals surface area contributed by atoms with Crippen LogP contribution in [0.3, 0.4) is 0 Å². The number of carbonyl (C=O) groups excluding carboxylic acids is 1. The molecular weight excluding hydrogens is 222 g/mol. The van der Waals surface area contributed by atoms with Crippen LogP contribution in [-0.2, 0) is 14.3 Å². The molecule has 0 radical (unpaired) electrons. The van der Waals surface area contributed by atoms with Gasteiger partial charge in [-0.15, -0.1) is 0 Å². The van der Waals surface area contributed by atoms with Gasteiger partial charge in [-0.3, -0.25) is 9.59 Å². The second-order valence-electron chi connectivity index (χ2n) is 5.37. The third-order valence-electron chi connectivity index (χ3n) is 3.70. The zero-order valence-corrected chi connectivity index (χ0v) is 10.9. The standard InChI is InChI=1S/C12H21NO4/c1-11(2,17-4)9(14)13-7-5-12(3,6-8-13)10(15)16/h5-8H2,1-4H3,(H,15,16). The molecule has 0 atom stereocenters. The lowest BCUT2D eigenvalue weighted by atomic mass is 9.80. The van der Waals surface area contributed by atoms with Gasteiger partial charge in [-0.25, -0.2) is 0 Å². The first-order valence-electron chi connectivity index (χ1n) is 5.81. The quantitative estimate of drug-likeness (QED) is 0.806. The number of rotatable bonds is 3. The zero-order valence-electron chi connectivity index (χ0n) is 10.9. The molecule has 1 N–H and O–H groups in total. The molecule has 1 aliphatic rings. The van der Waals surface area contributed by atoms with E-state index < -0.39 is 17.0 Å². The fourth-order valence-corrected chi connectivity index (χ4v) is 1.89. The third kappa shape index (κ3) is 2.77. The van der Waals surface area contributed by atoms with Gasteiger partial charge in [-0.05, 0) is 33.6 Å². The second-order valence-corrected chi connectivity index (χ2v) is 5.37. The molecule has 17 heavy (non-hydrogen) atoms. The van der Waals surface area contributed by atoms with Crippen LogP contribution in [0, 0.1) is 5.41 Å². The van der Waals surface area contributed by atoms with E-state index in [0.29, 0.717) is 25.9 Å². The molecule has 0 aromatic carbocycles. The summed E-state index contributed by atoms with van der Waals surface area (Å²) in [6.45, 7) is 6.14. The Bertz CT molecular complexity index is 316. The number of nitrogens with zero attached hydrogens (tertiary/aromatic N) is 1. The maximum absolute atomic E-state index is 12.1. The van der Waals surface area contributed by atoms with Crippen molar-refractivity contribution in [3.05, 3.63) is 0 Å². The number of piperidine rings is 1. The third-order valence-corrected chi connectivity index (χ3v) is 3.70. The largest absolute Gasteiger partial charge is 0.481 e. The Morgan fingerprint density at radius 2 is 1.76 bits per heavy atom. The Labute approximate surface area is 102 Å². The lowest BCUT2D eigenvalue weighted by molar-refractivity contribution is -0.159. The van der Waals surface area contributed by atoms with Gasteiger partial charge in [0, 0.05) is 20.2 Å². The summed E-state index contributed by atoms with van der Waals surface area (Å²) < 4.78 is 5.14. The van der Waals surface area contributed by atoms with Crippen LogP contribution in [-0.4, -0.2) is 47.7 Å². The molecule has 5 heteroatoms. The van der Waals surface area contributed by atoms with Gasteiger partial charge >= 0.3 is 5.97 Å². The first kappa shape index (κ1) is 14.0. The Morgan fingerprint density at radius 1 is 1.29 bits per heavy atom. The molecule has 0 spiro atoms. The Kier molecular flexibility index (Phi) is 3.81. The molecule has 1 amide bonds. The summed E-state index contributed by atoms with van der Waals surface area (Å²) in [6.07, 6.45) is 0.988. The number of carboxylic acids is 1. The van der Waals surface area contributed by atoms with Crippen molar-refractivity contribution in [1.29, 1.82) is 0 Å². The first-order chi connectivity index (χ1) is 7.73. The van der Waals surface area contributed by atoms with E-state index in [1.807, 2.05) is 0 Å². The zero-order chi connectivity index (χ0) is 13.3. The van der Waals surface area contributed by atoms with E-state index in [0.717, 1.165) is 0 Å². The number of aliphatic carboxylic acids is 1. The molecule has 1 saturated heterocycles. The van der Waals surface area contributed by atoms with E-state index in [2.05, 4.69) is 0 Å². The minimum atomic E-state index is -0.836. The highest BCUT2D eigenvalue weighted by Gasteiger charge is 2.41. The van der Waals surface area contributed by atoms with Crippen molar-refractivity contribution < 1.29 is 19.4 Å². The molecule has 0 aromatic rings. The van der Waals surface area contributed by atoms with Crippen molar-refractivity contribution in [2.24, 2.45) is 5.41 Å². The Balaban J connectivity index is 2.65. The van der Waals surface area contributed by atoms with Crippen LogP contribution in [0.4, 0.5) is 0 Å². The van der Waals surface area contributed by atoms with E-state index >= 15 is 0 Å². The minimum absolute atomic E-state index is 0.0764. The summed E-state index contributed by atoms with van der Waals surface area (Å²) in [7, 11) is 1.50. The van der Waals surface area contributed by atoms with Gasteiger partial charge < -0.3 is 14.7 Å². The van der Waals surface area contributed by atoms with Crippen molar-refractivity contribution >= 4 is 11.9 Å². The summed E-state index contributed by atoms with van der Waals surface area (Å²) >= 11 is 0. The van der Waals surface area contributed by atoms with Crippen molar-refractivity contribution in [3.8, 4) is 0 Å². The molecule has 1 fully saturated rings. The maximum atomic E-state index is 12.1. The van der Waals surface area contributed by atoms with Crippen molar-refractivity contribution in [2.75, 3.05) is 20.2 Å². The molecular formula is C12H21NO4. The van der Waals surface area contributed by atoms with Gasteiger partial charge in [0.05, 0.1) is 5.41 Å². The SMILES string of the molecule is COC(C)(C)C(=O)N1CCC(C)(C(=O)O)CC1. The number of likely N-dealkylation sites (tertiary alicyclic amines) is 1. The fourth-order valence-electron chi connectivity index (χ4n) is 1.89. The predicted octanol–water partition coefficient (Wildman–Crippen LogP) is 1.12. The maximum Gasteiger partial charge on any atom is 0.309 e. The lowest BCUT2D eigenvalue weighted by Gasteiger charge is -2.39. The van der Waals surface area contributed by atoms with E-state index in [1.54, 1.807) is 25.7 Å². The van der Waals surface area contributed by atoms with Crippen molar-refractivity contribution in [1.82, 2.24) is 4.90 Å². The second kappa shape index (κ2) is 4.64. The fraction of sp³-hybridized carbons (Fsp3) is 0.833. The highest BCUT2D eigenvalue weighted by atomic mass is 16.5. The van der Waals surface area contributed by atoms with E-state index in [9.17, 15) is 9.59 Å². The van der Waals surface area contributed by atoms with E-state index in [4.69, 9.17) is 9.84 Å². The molecule has 0 aromatic heterocycles. The number of carboxylic acid groups (broad SMARTS) is 1. The molecule has 1 rings (SSSR count). The van der Waals surface area contributed by atoms with Gasteiger partial charge in [0.2, 0.25) is 0 Å². The van der Waals surface area contributed by atoms with Crippen LogP contribution < -0.4 is 0 Å². The molecule has 0 saturated carbocycles. The summed E-state index contributed by atoms with van der Waals surface area (Å²) in [5.41, 5.74) is -1.54. The highest BCUT2D eigenvalue weighted by molar-refractivity contribution is 5.85. The monoisotopic (exact) mass is 243 g/mol. The van der Waals surface area contributed by atoms with Crippen LogP contribution in [0.15, 0.2) is 0 Å². The molecule has 1 aliphatic heterocycles. The van der Waals surface area contributed by atoms with Gasteiger partial charge in [-0.2, -0.15) is 0 Å². The van der Waals surface area contributed by atoms with Crippen molar-refractivity contribution in [3.63, 3.8) is 0 Å². The Morgan fingerprint density at radius 3 is 2.12 bits per heavy atom. The molecule has 0 unspecified atom stereocenters. The number of ether oxygens (including phenoxy) is 1. The van der Waals surface area contributed by atoms with Gasteiger partial charge in [0.25, 0.3) is 5.91 Å². The van der Waals surface area contributed by atoms with Gasteiger partial charge in [-0.1, -0.05) is 0 Å². The van der Waals surface area contributed by atoms with Crippen LogP contribution in [0.25, 0.3) is 0 Å². The normalized spacial score (nSPS) is 20.1. The van der Waals surface area contributed by atoms with Gasteiger partial charge in [0.1, 0.15) is 5.60 Å². The number of methoxy groups -OCH3 is 1. The van der Waals surface area contributed by atoms with Crippen LogP contribution in [0.2, 0.25) is 0 Å². The molecule has 5 nitrogen and oxygen atoms in total. The van der Waals surface area contributed by atoms with Crippen molar-refractivity contribution in [2.45, 2.75) is 39.2 Å². The summed E-state index contributed by atoms with van der Waals surface area (Å²) in [5.74, 6) is -0.858. The van der Waals surface area contributed by atoms with E-state index in [-0.39, 0.29) is 5.91 Å². The van der Waals surface area contributed by atoms with Gasteiger partial charge in [0.15, 0.2) is 0 Å². The average molecular weight is 243 g/mol. The molecule has 1 heterocycles. The number of hydrogen-bond acceptors (Lipinski definition) is 3. The number of hydrogen-bond donors (Lipinski definition) is 1. The van der Waals surface area contributed by atoms with Crippen LogP contribution in [0.1, 0.15) is 33.6 Å².